The largest absolute Gasteiger partial charge is 0.497 e. The number of carbonyl (C=O) groups is 1. The van der Waals surface area contributed by atoms with E-state index in [1.807, 2.05) is 25.1 Å². The molecule has 92 valence electrons. The fourth-order valence-corrected chi connectivity index (χ4v) is 1.83. The summed E-state index contributed by atoms with van der Waals surface area (Å²) in [6.45, 7) is 1.91. The minimum Gasteiger partial charge on any atom is -0.497 e. The van der Waals surface area contributed by atoms with Crippen molar-refractivity contribution in [3.63, 3.8) is 0 Å². The summed E-state index contributed by atoms with van der Waals surface area (Å²) in [5.74, 6) is 0.547. The van der Waals surface area contributed by atoms with Crippen LogP contribution in [0.5, 0.6) is 5.75 Å². The molecule has 0 amide bonds. The van der Waals surface area contributed by atoms with Crippen LogP contribution >= 0.6 is 0 Å². The van der Waals surface area contributed by atoms with Gasteiger partial charge in [0.2, 0.25) is 0 Å². The number of methoxy groups -OCH3 is 1. The molecule has 0 spiro atoms. The standard InChI is InChI=1S/C15H15NO2/c1-10-5-3-4-6-12(10)15(17)13-9-11(18-2)7-8-14(13)16/h3-9H,16H2,1-2H3. The van der Waals surface area contributed by atoms with Crippen molar-refractivity contribution in [2.24, 2.45) is 0 Å². The second-order valence-electron chi connectivity index (χ2n) is 4.10. The van der Waals surface area contributed by atoms with Crippen LogP contribution in [0.1, 0.15) is 21.5 Å². The highest BCUT2D eigenvalue weighted by Gasteiger charge is 2.14. The summed E-state index contributed by atoms with van der Waals surface area (Å²) in [6, 6.07) is 12.6. The fraction of sp³-hybridized carbons (Fsp3) is 0.133. The number of benzene rings is 2. The van der Waals surface area contributed by atoms with Gasteiger partial charge in [0.05, 0.1) is 7.11 Å². The van der Waals surface area contributed by atoms with Crippen LogP contribution in [0.15, 0.2) is 42.5 Å². The lowest BCUT2D eigenvalue weighted by molar-refractivity contribution is 0.103. The number of rotatable bonds is 3. The zero-order valence-electron chi connectivity index (χ0n) is 10.4. The first-order chi connectivity index (χ1) is 8.63. The molecule has 0 bridgehead atoms. The minimum absolute atomic E-state index is 0.0792. The molecule has 0 heterocycles. The molecule has 0 aromatic heterocycles. The van der Waals surface area contributed by atoms with Gasteiger partial charge in [0.1, 0.15) is 5.75 Å². The second kappa shape index (κ2) is 4.92. The van der Waals surface area contributed by atoms with Crippen molar-refractivity contribution in [1.29, 1.82) is 0 Å². The third kappa shape index (κ3) is 2.20. The summed E-state index contributed by atoms with van der Waals surface area (Å²) in [7, 11) is 1.56. The highest BCUT2D eigenvalue weighted by molar-refractivity contribution is 6.13. The third-order valence-corrected chi connectivity index (χ3v) is 2.89. The SMILES string of the molecule is COc1ccc(N)c(C(=O)c2ccccc2C)c1. The summed E-state index contributed by atoms with van der Waals surface area (Å²) in [4.78, 5) is 12.4. The van der Waals surface area contributed by atoms with Crippen molar-refractivity contribution in [2.75, 3.05) is 12.8 Å². The van der Waals surface area contributed by atoms with E-state index >= 15 is 0 Å². The molecule has 0 saturated carbocycles. The topological polar surface area (TPSA) is 52.3 Å². The van der Waals surface area contributed by atoms with Crippen LogP contribution in [0.2, 0.25) is 0 Å². The van der Waals surface area contributed by atoms with Gasteiger partial charge in [0, 0.05) is 16.8 Å². The first-order valence-electron chi connectivity index (χ1n) is 5.67. The van der Waals surface area contributed by atoms with Crippen molar-refractivity contribution < 1.29 is 9.53 Å². The molecule has 3 nitrogen and oxygen atoms in total. The zero-order chi connectivity index (χ0) is 13.1. The Labute approximate surface area is 106 Å². The second-order valence-corrected chi connectivity index (χ2v) is 4.10. The fourth-order valence-electron chi connectivity index (χ4n) is 1.83. The molecule has 2 N–H and O–H groups in total. The number of hydrogen-bond acceptors (Lipinski definition) is 3. The molecule has 0 aliphatic heterocycles. The molecule has 0 radical (unpaired) electrons. The quantitative estimate of drug-likeness (QED) is 0.664. The lowest BCUT2D eigenvalue weighted by Crippen LogP contribution is -2.07. The number of nitrogens with two attached hydrogens (primary N) is 1. The first kappa shape index (κ1) is 12.2. The van der Waals surface area contributed by atoms with Gasteiger partial charge in [0.25, 0.3) is 0 Å². The van der Waals surface area contributed by atoms with E-state index in [-0.39, 0.29) is 5.78 Å². The normalized spacial score (nSPS) is 10.1. The molecule has 2 rings (SSSR count). The van der Waals surface area contributed by atoms with Crippen molar-refractivity contribution >= 4 is 11.5 Å². The molecule has 0 aliphatic rings. The van der Waals surface area contributed by atoms with E-state index in [4.69, 9.17) is 10.5 Å². The maximum absolute atomic E-state index is 12.4. The molecule has 2 aromatic rings. The van der Waals surface area contributed by atoms with Gasteiger partial charge in [-0.2, -0.15) is 0 Å². The minimum atomic E-state index is -0.0792. The summed E-state index contributed by atoms with van der Waals surface area (Å²) >= 11 is 0. The first-order valence-corrected chi connectivity index (χ1v) is 5.67. The number of nitrogen functional groups attached to an aromatic ring is 1. The summed E-state index contributed by atoms with van der Waals surface area (Å²) < 4.78 is 5.12. The van der Waals surface area contributed by atoms with Crippen LogP contribution < -0.4 is 10.5 Å². The maximum Gasteiger partial charge on any atom is 0.195 e. The number of ketones is 1. The third-order valence-electron chi connectivity index (χ3n) is 2.89. The van der Waals surface area contributed by atoms with E-state index in [0.29, 0.717) is 22.6 Å². The average Bonchev–Trinajstić information content (AvgIpc) is 2.39. The van der Waals surface area contributed by atoms with Crippen LogP contribution in [0.3, 0.4) is 0 Å². The van der Waals surface area contributed by atoms with Crippen molar-refractivity contribution in [1.82, 2.24) is 0 Å². The van der Waals surface area contributed by atoms with E-state index in [1.54, 1.807) is 31.4 Å². The molecule has 0 saturated heterocycles. The Kier molecular flexibility index (Phi) is 3.33. The number of carbonyl (C=O) groups excluding carboxylic acids is 1. The van der Waals surface area contributed by atoms with E-state index < -0.39 is 0 Å². The van der Waals surface area contributed by atoms with Crippen LogP contribution in [0, 0.1) is 6.92 Å². The van der Waals surface area contributed by atoms with E-state index in [0.717, 1.165) is 5.56 Å². The van der Waals surface area contributed by atoms with Gasteiger partial charge >= 0.3 is 0 Å². The van der Waals surface area contributed by atoms with Crippen molar-refractivity contribution in [2.45, 2.75) is 6.92 Å². The van der Waals surface area contributed by atoms with Gasteiger partial charge < -0.3 is 10.5 Å². The molecule has 0 unspecified atom stereocenters. The highest BCUT2D eigenvalue weighted by atomic mass is 16.5. The van der Waals surface area contributed by atoms with Gasteiger partial charge in [-0.05, 0) is 30.7 Å². The molecule has 0 fully saturated rings. The molecular weight excluding hydrogens is 226 g/mol. The Morgan fingerprint density at radius 1 is 1.11 bits per heavy atom. The summed E-state index contributed by atoms with van der Waals surface area (Å²) in [6.07, 6.45) is 0. The molecule has 18 heavy (non-hydrogen) atoms. The summed E-state index contributed by atoms with van der Waals surface area (Å²) in [5.41, 5.74) is 8.39. The van der Waals surface area contributed by atoms with Gasteiger partial charge in [-0.1, -0.05) is 24.3 Å². The van der Waals surface area contributed by atoms with E-state index in [9.17, 15) is 4.79 Å². The molecule has 0 aliphatic carbocycles. The number of aryl methyl sites for hydroxylation is 1. The van der Waals surface area contributed by atoms with Gasteiger partial charge in [0.15, 0.2) is 5.78 Å². The smallest absolute Gasteiger partial charge is 0.195 e. The summed E-state index contributed by atoms with van der Waals surface area (Å²) in [5, 5.41) is 0. The molecule has 0 atom stereocenters. The maximum atomic E-state index is 12.4. The number of ether oxygens (including phenoxy) is 1. The highest BCUT2D eigenvalue weighted by Crippen LogP contribution is 2.23. The van der Waals surface area contributed by atoms with Crippen LogP contribution in [0.4, 0.5) is 5.69 Å². The van der Waals surface area contributed by atoms with Gasteiger partial charge in [-0.3, -0.25) is 4.79 Å². The zero-order valence-corrected chi connectivity index (χ0v) is 10.4. The van der Waals surface area contributed by atoms with Crippen LogP contribution in [-0.2, 0) is 0 Å². The van der Waals surface area contributed by atoms with Crippen molar-refractivity contribution in [3.8, 4) is 5.75 Å². The number of anilines is 1. The molecule has 3 heteroatoms. The molecular formula is C15H15NO2. The predicted molar refractivity (Wildman–Crippen MR) is 72.0 cm³/mol. The Bertz CT molecular complexity index is 591. The predicted octanol–water partition coefficient (Wildman–Crippen LogP) is 2.82. The lowest BCUT2D eigenvalue weighted by atomic mass is 9.98. The molecule has 2 aromatic carbocycles. The average molecular weight is 241 g/mol. The number of hydrogen-bond donors (Lipinski definition) is 1. The Balaban J connectivity index is 2.49. The Morgan fingerprint density at radius 3 is 2.50 bits per heavy atom. The van der Waals surface area contributed by atoms with Gasteiger partial charge in [-0.15, -0.1) is 0 Å². The van der Waals surface area contributed by atoms with Gasteiger partial charge in [-0.25, -0.2) is 0 Å². The van der Waals surface area contributed by atoms with E-state index in [2.05, 4.69) is 0 Å². The Hall–Kier alpha value is -2.29. The monoisotopic (exact) mass is 241 g/mol. The van der Waals surface area contributed by atoms with E-state index in [1.165, 1.54) is 0 Å². The Morgan fingerprint density at radius 2 is 1.83 bits per heavy atom. The van der Waals surface area contributed by atoms with Crippen molar-refractivity contribution in [3.05, 3.63) is 59.2 Å². The van der Waals surface area contributed by atoms with Crippen LogP contribution in [-0.4, -0.2) is 12.9 Å². The lowest BCUT2D eigenvalue weighted by Gasteiger charge is -2.09. The van der Waals surface area contributed by atoms with Crippen LogP contribution in [0.25, 0.3) is 0 Å².